The van der Waals surface area contributed by atoms with Crippen LogP contribution in [0.15, 0.2) is 65.6 Å². The molecule has 35 heavy (non-hydrogen) atoms. The van der Waals surface area contributed by atoms with Gasteiger partial charge in [0.1, 0.15) is 12.7 Å². The van der Waals surface area contributed by atoms with E-state index in [9.17, 15) is 18.0 Å². The molecule has 5 atom stereocenters. The lowest BCUT2D eigenvalue weighted by Gasteiger charge is -2.34. The number of hydrogen-bond donors (Lipinski definition) is 0. The number of rotatable bonds is 6. The van der Waals surface area contributed by atoms with E-state index in [0.29, 0.717) is 12.8 Å². The van der Waals surface area contributed by atoms with Crippen molar-refractivity contribution in [1.82, 2.24) is 0 Å². The van der Waals surface area contributed by atoms with Gasteiger partial charge in [0.2, 0.25) is 5.60 Å². The second kappa shape index (κ2) is 8.17. The summed E-state index contributed by atoms with van der Waals surface area (Å²) in [6.07, 6.45) is -0.167. The fourth-order valence-corrected chi connectivity index (χ4v) is 7.74. The van der Waals surface area contributed by atoms with E-state index < -0.39 is 49.7 Å². The molecule has 3 fully saturated rings. The molecule has 5 rings (SSSR count). The van der Waals surface area contributed by atoms with E-state index in [-0.39, 0.29) is 23.9 Å². The van der Waals surface area contributed by atoms with Crippen molar-refractivity contribution in [2.24, 2.45) is 10.8 Å². The molecule has 8 heteroatoms. The summed E-state index contributed by atoms with van der Waals surface area (Å²) in [6, 6.07) is 17.5. The highest BCUT2D eigenvalue weighted by molar-refractivity contribution is 7.92. The Balaban J connectivity index is 1.36. The number of carbonyl (C=O) groups is 2. The number of ether oxygens (including phenoxy) is 3. The van der Waals surface area contributed by atoms with Crippen molar-refractivity contribution >= 4 is 21.8 Å². The van der Waals surface area contributed by atoms with Crippen LogP contribution in [0.4, 0.5) is 0 Å². The number of sulfone groups is 1. The first-order chi connectivity index (χ1) is 16.5. The summed E-state index contributed by atoms with van der Waals surface area (Å²) in [7, 11) is -3.70. The van der Waals surface area contributed by atoms with Crippen molar-refractivity contribution in [2.75, 3.05) is 6.61 Å². The lowest BCUT2D eigenvalue weighted by molar-refractivity contribution is -0.185. The Bertz CT molecular complexity index is 1240. The van der Waals surface area contributed by atoms with E-state index in [2.05, 4.69) is 0 Å². The van der Waals surface area contributed by atoms with E-state index in [0.717, 1.165) is 5.56 Å². The minimum atomic E-state index is -3.70. The van der Waals surface area contributed by atoms with E-state index in [1.807, 2.05) is 51.1 Å². The summed E-state index contributed by atoms with van der Waals surface area (Å²) in [6.45, 7) is 5.45. The van der Waals surface area contributed by atoms with Gasteiger partial charge in [-0.25, -0.2) is 13.2 Å². The predicted molar refractivity (Wildman–Crippen MR) is 127 cm³/mol. The van der Waals surface area contributed by atoms with Gasteiger partial charge in [-0.1, -0.05) is 62.4 Å². The van der Waals surface area contributed by atoms with Gasteiger partial charge < -0.3 is 14.2 Å². The first-order valence-electron chi connectivity index (χ1n) is 11.9. The van der Waals surface area contributed by atoms with Crippen LogP contribution in [0.3, 0.4) is 0 Å². The Morgan fingerprint density at radius 2 is 1.63 bits per heavy atom. The van der Waals surface area contributed by atoms with Gasteiger partial charge in [-0.3, -0.25) is 4.79 Å². The van der Waals surface area contributed by atoms with Crippen molar-refractivity contribution in [3.05, 3.63) is 66.2 Å². The normalized spacial score (nSPS) is 33.5. The number of hydrogen-bond acceptors (Lipinski definition) is 7. The van der Waals surface area contributed by atoms with Crippen LogP contribution in [0.2, 0.25) is 0 Å². The molecule has 0 unspecified atom stereocenters. The molecule has 2 saturated heterocycles. The standard InChI is InChI=1S/C27H30O7S/c1-25(2)26(3)14-15-27(25,34-23(26)28)24(29)32-17-19-16-21(22(33-19)18-10-6-4-7-11-18)35(30,31)20-12-8-5-9-13-20/h4-13,19,21-22H,14-17H2,1-3H3/t19-,21-,22+,26-,27+/m0/s1. The average molecular weight is 499 g/mol. The van der Waals surface area contributed by atoms with Crippen molar-refractivity contribution < 1.29 is 32.2 Å². The highest BCUT2D eigenvalue weighted by Gasteiger charge is 2.76. The molecular formula is C27H30O7S. The smallest absolute Gasteiger partial charge is 0.351 e. The zero-order valence-electron chi connectivity index (χ0n) is 20.1. The molecule has 2 aromatic rings. The Hall–Kier alpha value is -2.71. The first-order valence-corrected chi connectivity index (χ1v) is 13.5. The predicted octanol–water partition coefficient (Wildman–Crippen LogP) is 4.02. The Labute approximate surface area is 205 Å². The summed E-state index contributed by atoms with van der Waals surface area (Å²) in [5.41, 5.74) is -2.02. The highest BCUT2D eigenvalue weighted by atomic mass is 32.2. The SMILES string of the molecule is CC1(C)[C@@]2(C)CC[C@]1(C(=O)OC[C@@H]1C[C@H](S(=O)(=O)c3ccccc3)[C@@H](c3ccccc3)O1)OC2=O. The molecule has 2 heterocycles. The van der Waals surface area contributed by atoms with Crippen molar-refractivity contribution in [3.63, 3.8) is 0 Å². The van der Waals surface area contributed by atoms with Crippen LogP contribution in [-0.4, -0.2) is 43.9 Å². The summed E-state index contributed by atoms with van der Waals surface area (Å²) < 4.78 is 44.5. The number of esters is 2. The van der Waals surface area contributed by atoms with Gasteiger partial charge in [-0.05, 0) is 43.9 Å². The molecule has 7 nitrogen and oxygen atoms in total. The maximum absolute atomic E-state index is 13.5. The maximum atomic E-state index is 13.5. The summed E-state index contributed by atoms with van der Waals surface area (Å²) in [4.78, 5) is 26.0. The molecule has 3 aliphatic rings. The highest BCUT2D eigenvalue weighted by Crippen LogP contribution is 2.65. The van der Waals surface area contributed by atoms with Crippen LogP contribution in [-0.2, 0) is 33.6 Å². The fourth-order valence-electron chi connectivity index (χ4n) is 5.84. The van der Waals surface area contributed by atoms with Crippen LogP contribution in [0.1, 0.15) is 51.7 Å². The van der Waals surface area contributed by atoms with Gasteiger partial charge in [0.25, 0.3) is 0 Å². The van der Waals surface area contributed by atoms with E-state index >= 15 is 0 Å². The Morgan fingerprint density at radius 3 is 2.20 bits per heavy atom. The Morgan fingerprint density at radius 1 is 1.00 bits per heavy atom. The molecule has 0 spiro atoms. The van der Waals surface area contributed by atoms with E-state index in [1.165, 1.54) is 0 Å². The minimum Gasteiger partial charge on any atom is -0.460 e. The monoisotopic (exact) mass is 498 g/mol. The van der Waals surface area contributed by atoms with Gasteiger partial charge in [0.05, 0.1) is 21.7 Å². The molecule has 0 amide bonds. The van der Waals surface area contributed by atoms with Crippen LogP contribution in [0.5, 0.6) is 0 Å². The second-order valence-corrected chi connectivity index (χ2v) is 12.7. The molecule has 186 valence electrons. The number of carbonyl (C=O) groups excluding carboxylic acids is 2. The molecule has 1 saturated carbocycles. The third-order valence-corrected chi connectivity index (χ3v) is 10.7. The Kier molecular flexibility index (Phi) is 5.60. The third kappa shape index (κ3) is 3.44. The quantitative estimate of drug-likeness (QED) is 0.555. The van der Waals surface area contributed by atoms with E-state index in [1.54, 1.807) is 30.3 Å². The van der Waals surface area contributed by atoms with Gasteiger partial charge in [-0.2, -0.15) is 0 Å². The summed E-state index contributed by atoms with van der Waals surface area (Å²) >= 11 is 0. The summed E-state index contributed by atoms with van der Waals surface area (Å²) in [5.74, 6) is -0.965. The molecule has 2 bridgehead atoms. The zero-order chi connectivity index (χ0) is 25.1. The fraction of sp³-hybridized carbons (Fsp3) is 0.481. The van der Waals surface area contributed by atoms with Crippen LogP contribution in [0, 0.1) is 10.8 Å². The van der Waals surface area contributed by atoms with Gasteiger partial charge in [0.15, 0.2) is 9.84 Å². The van der Waals surface area contributed by atoms with Gasteiger partial charge >= 0.3 is 11.9 Å². The van der Waals surface area contributed by atoms with Crippen LogP contribution < -0.4 is 0 Å². The molecule has 1 aliphatic carbocycles. The molecule has 2 aliphatic heterocycles. The molecule has 0 aromatic heterocycles. The average Bonchev–Trinajstić information content (AvgIpc) is 3.42. The topological polar surface area (TPSA) is 96.0 Å². The molecular weight excluding hydrogens is 468 g/mol. The first kappa shape index (κ1) is 24.0. The van der Waals surface area contributed by atoms with E-state index in [4.69, 9.17) is 14.2 Å². The summed E-state index contributed by atoms with van der Waals surface area (Å²) in [5, 5.41) is -0.829. The number of benzene rings is 2. The third-order valence-electron chi connectivity index (χ3n) is 8.58. The van der Waals surface area contributed by atoms with Crippen molar-refractivity contribution in [1.29, 1.82) is 0 Å². The maximum Gasteiger partial charge on any atom is 0.351 e. The lowest BCUT2D eigenvalue weighted by atomic mass is 9.66. The van der Waals surface area contributed by atoms with Crippen molar-refractivity contribution in [3.8, 4) is 0 Å². The lowest BCUT2D eigenvalue weighted by Crippen LogP contribution is -2.49. The van der Waals surface area contributed by atoms with Crippen molar-refractivity contribution in [2.45, 2.75) is 68.0 Å². The zero-order valence-corrected chi connectivity index (χ0v) is 20.9. The minimum absolute atomic E-state index is 0.116. The number of fused-ring (bicyclic) bond motifs is 2. The molecule has 0 N–H and O–H groups in total. The van der Waals surface area contributed by atoms with Gasteiger partial charge in [-0.15, -0.1) is 0 Å². The van der Waals surface area contributed by atoms with Crippen LogP contribution in [0.25, 0.3) is 0 Å². The molecule has 0 radical (unpaired) electrons. The van der Waals surface area contributed by atoms with Crippen LogP contribution >= 0.6 is 0 Å². The largest absolute Gasteiger partial charge is 0.460 e. The van der Waals surface area contributed by atoms with Gasteiger partial charge in [0, 0.05) is 5.41 Å². The second-order valence-electron chi connectivity index (χ2n) is 10.5. The molecule has 2 aromatic carbocycles.